The second kappa shape index (κ2) is 6.00. The maximum absolute atomic E-state index is 5.81. The van der Waals surface area contributed by atoms with E-state index < -0.39 is 0 Å². The zero-order chi connectivity index (χ0) is 14.7. The molecule has 112 valence electrons. The van der Waals surface area contributed by atoms with Crippen molar-refractivity contribution in [1.29, 1.82) is 0 Å². The Morgan fingerprint density at radius 1 is 1.33 bits per heavy atom. The maximum atomic E-state index is 5.81. The van der Waals surface area contributed by atoms with E-state index in [1.165, 1.54) is 12.1 Å². The fraction of sp³-hybridized carbons (Fsp3) is 0.471. The molecule has 0 spiro atoms. The molecule has 1 aliphatic heterocycles. The number of aromatic nitrogens is 2. The molecule has 2 aromatic rings. The van der Waals surface area contributed by atoms with Crippen LogP contribution in [0.5, 0.6) is 0 Å². The number of rotatable bonds is 5. The lowest BCUT2D eigenvalue weighted by Gasteiger charge is -2.23. The standard InChI is InChI=1S/C17H23N3O/c1-14-19-12-16(20(14)15-7-4-3-5-8-15)11-18-13-17(2)9-6-10-21-17/h3-5,7-8,12,18H,6,9-11,13H2,1-2H3. The molecule has 1 N–H and O–H groups in total. The van der Waals surface area contributed by atoms with E-state index in [1.807, 2.05) is 19.2 Å². The first kappa shape index (κ1) is 14.3. The number of aryl methyl sites for hydroxylation is 1. The first-order chi connectivity index (χ1) is 10.2. The highest BCUT2D eigenvalue weighted by Gasteiger charge is 2.29. The van der Waals surface area contributed by atoms with Gasteiger partial charge in [0.2, 0.25) is 0 Å². The van der Waals surface area contributed by atoms with Crippen molar-refractivity contribution in [3.05, 3.63) is 48.0 Å². The summed E-state index contributed by atoms with van der Waals surface area (Å²) in [4.78, 5) is 4.45. The summed E-state index contributed by atoms with van der Waals surface area (Å²) in [6, 6.07) is 10.4. The smallest absolute Gasteiger partial charge is 0.110 e. The molecule has 1 unspecified atom stereocenters. The molecule has 2 heterocycles. The number of nitrogens with zero attached hydrogens (tertiary/aromatic N) is 2. The van der Waals surface area contributed by atoms with Crippen LogP contribution in [-0.2, 0) is 11.3 Å². The lowest BCUT2D eigenvalue weighted by molar-refractivity contribution is 0.0206. The monoisotopic (exact) mass is 285 g/mol. The van der Waals surface area contributed by atoms with Gasteiger partial charge in [-0.15, -0.1) is 0 Å². The number of ether oxygens (including phenoxy) is 1. The molecule has 0 aliphatic carbocycles. The molecule has 0 amide bonds. The predicted molar refractivity (Wildman–Crippen MR) is 83.6 cm³/mol. The van der Waals surface area contributed by atoms with Gasteiger partial charge in [-0.05, 0) is 38.8 Å². The largest absolute Gasteiger partial charge is 0.374 e. The number of hydrogen-bond donors (Lipinski definition) is 1. The van der Waals surface area contributed by atoms with E-state index in [4.69, 9.17) is 4.74 Å². The van der Waals surface area contributed by atoms with Crippen LogP contribution in [0.15, 0.2) is 36.5 Å². The highest BCUT2D eigenvalue weighted by molar-refractivity contribution is 5.35. The Bertz CT molecular complexity index is 585. The van der Waals surface area contributed by atoms with E-state index in [2.05, 4.69) is 46.1 Å². The molecule has 3 rings (SSSR count). The summed E-state index contributed by atoms with van der Waals surface area (Å²) in [6.45, 7) is 6.80. The molecule has 4 heteroatoms. The average Bonchev–Trinajstić information content (AvgIpc) is 3.07. The highest BCUT2D eigenvalue weighted by Crippen LogP contribution is 2.24. The van der Waals surface area contributed by atoms with Gasteiger partial charge >= 0.3 is 0 Å². The maximum Gasteiger partial charge on any atom is 0.110 e. The second-order valence-corrected chi connectivity index (χ2v) is 5.97. The van der Waals surface area contributed by atoms with E-state index in [1.54, 1.807) is 0 Å². The molecular formula is C17H23N3O. The Balaban J connectivity index is 1.69. The molecule has 1 atom stereocenters. The van der Waals surface area contributed by atoms with Crippen molar-refractivity contribution in [2.75, 3.05) is 13.2 Å². The van der Waals surface area contributed by atoms with Crippen molar-refractivity contribution in [2.45, 2.75) is 38.8 Å². The van der Waals surface area contributed by atoms with Crippen molar-refractivity contribution in [2.24, 2.45) is 0 Å². The van der Waals surface area contributed by atoms with Crippen LogP contribution in [0.4, 0.5) is 0 Å². The number of para-hydroxylation sites is 1. The minimum atomic E-state index is -0.00730. The van der Waals surface area contributed by atoms with Gasteiger partial charge in [-0.1, -0.05) is 18.2 Å². The van der Waals surface area contributed by atoms with Crippen LogP contribution in [0.25, 0.3) is 5.69 Å². The number of benzene rings is 1. The molecule has 1 aromatic heterocycles. The molecule has 0 saturated carbocycles. The number of hydrogen-bond acceptors (Lipinski definition) is 3. The molecule has 0 bridgehead atoms. The van der Waals surface area contributed by atoms with Crippen LogP contribution in [0.3, 0.4) is 0 Å². The van der Waals surface area contributed by atoms with Gasteiger partial charge in [0.15, 0.2) is 0 Å². The highest BCUT2D eigenvalue weighted by atomic mass is 16.5. The van der Waals surface area contributed by atoms with Crippen LogP contribution >= 0.6 is 0 Å². The summed E-state index contributed by atoms with van der Waals surface area (Å²) in [5, 5.41) is 3.52. The minimum absolute atomic E-state index is 0.00730. The summed E-state index contributed by atoms with van der Waals surface area (Å²) >= 11 is 0. The normalized spacial score (nSPS) is 21.8. The fourth-order valence-corrected chi connectivity index (χ4v) is 2.98. The van der Waals surface area contributed by atoms with Crippen LogP contribution in [0, 0.1) is 6.92 Å². The lowest BCUT2D eigenvalue weighted by Crippen LogP contribution is -2.37. The van der Waals surface area contributed by atoms with Gasteiger partial charge in [-0.25, -0.2) is 4.98 Å². The average molecular weight is 285 g/mol. The summed E-state index contributed by atoms with van der Waals surface area (Å²) in [5.74, 6) is 1.02. The van der Waals surface area contributed by atoms with Gasteiger partial charge in [0.1, 0.15) is 5.82 Å². The van der Waals surface area contributed by atoms with Crippen LogP contribution < -0.4 is 5.32 Å². The molecule has 1 saturated heterocycles. The zero-order valence-electron chi connectivity index (χ0n) is 12.8. The SMILES string of the molecule is Cc1ncc(CNCC2(C)CCCO2)n1-c1ccccc1. The number of imidazole rings is 1. The van der Waals surface area contributed by atoms with E-state index >= 15 is 0 Å². The lowest BCUT2D eigenvalue weighted by atomic mass is 10.0. The third-order valence-corrected chi connectivity index (χ3v) is 4.13. The molecule has 1 aliphatic rings. The van der Waals surface area contributed by atoms with E-state index in [0.717, 1.165) is 37.6 Å². The Hall–Kier alpha value is -1.65. The van der Waals surface area contributed by atoms with Gasteiger partial charge in [-0.3, -0.25) is 4.57 Å². The Labute approximate surface area is 126 Å². The van der Waals surface area contributed by atoms with Gasteiger partial charge in [0, 0.05) is 25.4 Å². The first-order valence-electron chi connectivity index (χ1n) is 7.61. The van der Waals surface area contributed by atoms with E-state index in [9.17, 15) is 0 Å². The fourth-order valence-electron chi connectivity index (χ4n) is 2.98. The van der Waals surface area contributed by atoms with Crippen molar-refractivity contribution in [3.63, 3.8) is 0 Å². The second-order valence-electron chi connectivity index (χ2n) is 5.97. The van der Waals surface area contributed by atoms with Crippen LogP contribution in [0.2, 0.25) is 0 Å². The third kappa shape index (κ3) is 3.17. The Morgan fingerprint density at radius 2 is 2.14 bits per heavy atom. The summed E-state index contributed by atoms with van der Waals surface area (Å²) in [7, 11) is 0. The van der Waals surface area contributed by atoms with Crippen LogP contribution in [0.1, 0.15) is 31.3 Å². The molecule has 1 aromatic carbocycles. The van der Waals surface area contributed by atoms with Crippen molar-refractivity contribution in [1.82, 2.24) is 14.9 Å². The molecular weight excluding hydrogens is 262 g/mol. The van der Waals surface area contributed by atoms with Crippen molar-refractivity contribution in [3.8, 4) is 5.69 Å². The summed E-state index contributed by atoms with van der Waals surface area (Å²) in [6.07, 6.45) is 4.25. The quantitative estimate of drug-likeness (QED) is 0.918. The third-order valence-electron chi connectivity index (χ3n) is 4.13. The topological polar surface area (TPSA) is 39.1 Å². The van der Waals surface area contributed by atoms with Gasteiger partial charge < -0.3 is 10.1 Å². The first-order valence-corrected chi connectivity index (χ1v) is 7.61. The Morgan fingerprint density at radius 3 is 2.86 bits per heavy atom. The summed E-state index contributed by atoms with van der Waals surface area (Å²) < 4.78 is 8.01. The minimum Gasteiger partial charge on any atom is -0.374 e. The summed E-state index contributed by atoms with van der Waals surface area (Å²) in [5.41, 5.74) is 2.33. The molecule has 4 nitrogen and oxygen atoms in total. The zero-order valence-corrected chi connectivity index (χ0v) is 12.8. The van der Waals surface area contributed by atoms with Crippen molar-refractivity contribution >= 4 is 0 Å². The van der Waals surface area contributed by atoms with Gasteiger partial charge in [0.25, 0.3) is 0 Å². The van der Waals surface area contributed by atoms with E-state index in [0.29, 0.717) is 0 Å². The predicted octanol–water partition coefficient (Wildman–Crippen LogP) is 2.84. The van der Waals surface area contributed by atoms with Gasteiger partial charge in [0.05, 0.1) is 17.5 Å². The number of nitrogens with one attached hydrogen (secondary N) is 1. The molecule has 21 heavy (non-hydrogen) atoms. The van der Waals surface area contributed by atoms with Crippen molar-refractivity contribution < 1.29 is 4.74 Å². The van der Waals surface area contributed by atoms with Gasteiger partial charge in [-0.2, -0.15) is 0 Å². The van der Waals surface area contributed by atoms with Crippen LogP contribution in [-0.4, -0.2) is 28.3 Å². The molecule has 0 radical (unpaired) electrons. The van der Waals surface area contributed by atoms with E-state index in [-0.39, 0.29) is 5.60 Å². The molecule has 1 fully saturated rings. The Kier molecular flexibility index (Phi) is 4.08.